The molecule has 1 aromatic carbocycles. The molecule has 5 heteroatoms. The molecular weight excluding hydrogens is 280 g/mol. The molecule has 1 heterocycles. The number of hydrogen-bond donors (Lipinski definition) is 2. The van der Waals surface area contributed by atoms with E-state index in [1.54, 1.807) is 4.90 Å². The van der Waals surface area contributed by atoms with Crippen LogP contribution in [0.5, 0.6) is 0 Å². The number of nitrogens with zero attached hydrogens (tertiary/aromatic N) is 2. The number of aryl methyl sites for hydroxylation is 1. The molecule has 1 unspecified atom stereocenters. The highest BCUT2D eigenvalue weighted by Gasteiger charge is 2.22. The second-order valence-corrected chi connectivity index (χ2v) is 6.18. The smallest absolute Gasteiger partial charge is 0.236 e. The Morgan fingerprint density at radius 3 is 2.64 bits per heavy atom. The molecule has 0 aromatic heterocycles. The summed E-state index contributed by atoms with van der Waals surface area (Å²) in [6.07, 6.45) is 0.439. The summed E-state index contributed by atoms with van der Waals surface area (Å²) < 4.78 is 0. The van der Waals surface area contributed by atoms with Crippen LogP contribution in [0.4, 0.5) is 0 Å². The summed E-state index contributed by atoms with van der Waals surface area (Å²) in [5.74, 6) is 0.0615. The molecule has 1 saturated heterocycles. The fourth-order valence-electron chi connectivity index (χ4n) is 2.86. The van der Waals surface area contributed by atoms with Crippen molar-refractivity contribution >= 4 is 5.91 Å². The van der Waals surface area contributed by atoms with Crippen molar-refractivity contribution in [3.63, 3.8) is 0 Å². The minimum Gasteiger partial charge on any atom is -0.393 e. The van der Waals surface area contributed by atoms with Gasteiger partial charge in [-0.3, -0.25) is 9.69 Å². The van der Waals surface area contributed by atoms with Crippen LogP contribution in [0.3, 0.4) is 0 Å². The lowest BCUT2D eigenvalue weighted by molar-refractivity contribution is -0.134. The lowest BCUT2D eigenvalue weighted by Crippen LogP contribution is -2.45. The molecule has 2 N–H and O–H groups in total. The van der Waals surface area contributed by atoms with Crippen LogP contribution in [-0.4, -0.2) is 65.3 Å². The number of aliphatic hydroxyl groups excluding tert-OH is 2. The molecule has 0 aliphatic carbocycles. The maximum absolute atomic E-state index is 12.2. The third-order valence-corrected chi connectivity index (χ3v) is 4.25. The summed E-state index contributed by atoms with van der Waals surface area (Å²) in [5.41, 5.74) is 1.96. The van der Waals surface area contributed by atoms with E-state index in [2.05, 4.69) is 0 Å². The lowest BCUT2D eigenvalue weighted by atomic mass is 10.0. The lowest BCUT2D eigenvalue weighted by Gasteiger charge is -2.31. The molecule has 2 rings (SSSR count). The Morgan fingerprint density at radius 2 is 2.00 bits per heavy atom. The molecule has 0 spiro atoms. The van der Waals surface area contributed by atoms with Gasteiger partial charge in [0.25, 0.3) is 0 Å². The molecule has 122 valence electrons. The van der Waals surface area contributed by atoms with Gasteiger partial charge in [0.15, 0.2) is 0 Å². The first-order chi connectivity index (χ1) is 10.5. The Balaban J connectivity index is 1.83. The molecule has 1 fully saturated rings. The van der Waals surface area contributed by atoms with E-state index in [-0.39, 0.29) is 12.0 Å². The molecular formula is C17H26N2O3. The number of carbonyl (C=O) groups excluding carboxylic acids is 1. The number of amides is 1. The molecule has 1 aliphatic heterocycles. The number of benzene rings is 1. The van der Waals surface area contributed by atoms with E-state index in [1.165, 1.54) is 0 Å². The third kappa shape index (κ3) is 4.53. The molecule has 0 radical (unpaired) electrons. The molecule has 1 atom stereocenters. The molecule has 1 amide bonds. The van der Waals surface area contributed by atoms with E-state index >= 15 is 0 Å². The van der Waals surface area contributed by atoms with Crippen LogP contribution in [0.1, 0.15) is 30.1 Å². The van der Waals surface area contributed by atoms with E-state index in [1.807, 2.05) is 43.1 Å². The second-order valence-electron chi connectivity index (χ2n) is 6.18. The predicted octanol–water partition coefficient (Wildman–Crippen LogP) is 0.944. The molecule has 22 heavy (non-hydrogen) atoms. The van der Waals surface area contributed by atoms with Crippen LogP contribution >= 0.6 is 0 Å². The summed E-state index contributed by atoms with van der Waals surface area (Å²) in [6, 6.07) is 7.75. The Hall–Kier alpha value is -1.43. The van der Waals surface area contributed by atoms with Crippen molar-refractivity contribution in [1.82, 2.24) is 9.80 Å². The van der Waals surface area contributed by atoms with Gasteiger partial charge < -0.3 is 15.1 Å². The van der Waals surface area contributed by atoms with Gasteiger partial charge in [0, 0.05) is 19.6 Å². The largest absolute Gasteiger partial charge is 0.393 e. The summed E-state index contributed by atoms with van der Waals surface area (Å²) in [7, 11) is 1.85. The van der Waals surface area contributed by atoms with E-state index < -0.39 is 6.10 Å². The number of aliphatic hydroxyl groups is 2. The van der Waals surface area contributed by atoms with Crippen LogP contribution in [0.15, 0.2) is 24.3 Å². The maximum atomic E-state index is 12.2. The number of piperidine rings is 1. The zero-order chi connectivity index (χ0) is 16.1. The third-order valence-electron chi connectivity index (χ3n) is 4.25. The molecule has 0 saturated carbocycles. The highest BCUT2D eigenvalue weighted by atomic mass is 16.3. The number of likely N-dealkylation sites (tertiary alicyclic amines) is 1. The Morgan fingerprint density at radius 1 is 1.36 bits per heavy atom. The van der Waals surface area contributed by atoms with Gasteiger partial charge in [-0.25, -0.2) is 0 Å². The number of likely N-dealkylation sites (N-methyl/N-ethyl adjacent to an activating group) is 1. The fraction of sp³-hybridized carbons (Fsp3) is 0.588. The topological polar surface area (TPSA) is 64.0 Å². The van der Waals surface area contributed by atoms with E-state index in [9.17, 15) is 15.0 Å². The van der Waals surface area contributed by atoms with Crippen LogP contribution < -0.4 is 0 Å². The van der Waals surface area contributed by atoms with Crippen LogP contribution in [0.2, 0.25) is 0 Å². The zero-order valence-corrected chi connectivity index (χ0v) is 13.4. The Labute approximate surface area is 132 Å². The highest BCUT2D eigenvalue weighted by molar-refractivity contribution is 5.78. The molecule has 5 nitrogen and oxygen atoms in total. The zero-order valence-electron chi connectivity index (χ0n) is 13.4. The van der Waals surface area contributed by atoms with Crippen molar-refractivity contribution in [3.8, 4) is 0 Å². The second kappa shape index (κ2) is 7.72. The predicted molar refractivity (Wildman–Crippen MR) is 85.5 cm³/mol. The van der Waals surface area contributed by atoms with E-state index in [0.717, 1.165) is 11.1 Å². The van der Waals surface area contributed by atoms with E-state index in [4.69, 9.17) is 0 Å². The first-order valence-electron chi connectivity index (χ1n) is 7.85. The first-order valence-corrected chi connectivity index (χ1v) is 7.85. The van der Waals surface area contributed by atoms with E-state index in [0.29, 0.717) is 39.0 Å². The van der Waals surface area contributed by atoms with Crippen molar-refractivity contribution in [2.45, 2.75) is 32.0 Å². The SMILES string of the molecule is Cc1ccccc1C(O)CN(C)CC(=O)N1CCC(O)CC1. The van der Waals surface area contributed by atoms with Gasteiger partial charge in [0.1, 0.15) is 0 Å². The number of carbonyl (C=O) groups is 1. The highest BCUT2D eigenvalue weighted by Crippen LogP contribution is 2.18. The van der Waals surface area contributed by atoms with Crippen LogP contribution in [-0.2, 0) is 4.79 Å². The van der Waals surface area contributed by atoms with Crippen molar-refractivity contribution in [1.29, 1.82) is 0 Å². The van der Waals surface area contributed by atoms with Gasteiger partial charge in [-0.05, 0) is 37.9 Å². The average Bonchev–Trinajstić information content (AvgIpc) is 2.48. The van der Waals surface area contributed by atoms with Crippen molar-refractivity contribution in [2.75, 3.05) is 33.2 Å². The minimum atomic E-state index is -0.595. The Bertz CT molecular complexity index is 498. The van der Waals surface area contributed by atoms with Crippen LogP contribution in [0.25, 0.3) is 0 Å². The summed E-state index contributed by atoms with van der Waals surface area (Å²) >= 11 is 0. The standard InChI is InChI=1S/C17H26N2O3/c1-13-5-3-4-6-15(13)16(21)11-18(2)12-17(22)19-9-7-14(20)8-10-19/h3-6,14,16,20-21H,7-12H2,1-2H3. The molecule has 0 bridgehead atoms. The summed E-state index contributed by atoms with van der Waals surface area (Å²) in [6.45, 7) is 3.93. The van der Waals surface area contributed by atoms with Gasteiger partial charge in [-0.1, -0.05) is 24.3 Å². The van der Waals surface area contributed by atoms with Crippen molar-refractivity contribution in [2.24, 2.45) is 0 Å². The van der Waals surface area contributed by atoms with Gasteiger partial charge in [0.2, 0.25) is 5.91 Å². The van der Waals surface area contributed by atoms with Gasteiger partial charge >= 0.3 is 0 Å². The van der Waals surface area contributed by atoms with Gasteiger partial charge in [-0.15, -0.1) is 0 Å². The average molecular weight is 306 g/mol. The Kier molecular flexibility index (Phi) is 5.94. The van der Waals surface area contributed by atoms with Gasteiger partial charge in [-0.2, -0.15) is 0 Å². The summed E-state index contributed by atoms with van der Waals surface area (Å²) in [5, 5.41) is 19.8. The quantitative estimate of drug-likeness (QED) is 0.850. The van der Waals surface area contributed by atoms with Crippen molar-refractivity contribution < 1.29 is 15.0 Å². The molecule has 1 aliphatic rings. The molecule has 1 aromatic rings. The monoisotopic (exact) mass is 306 g/mol. The number of rotatable bonds is 5. The first kappa shape index (κ1) is 16.9. The normalized spacial score (nSPS) is 17.8. The fourth-order valence-corrected chi connectivity index (χ4v) is 2.86. The summed E-state index contributed by atoms with van der Waals surface area (Å²) in [4.78, 5) is 15.9. The van der Waals surface area contributed by atoms with Gasteiger partial charge in [0.05, 0.1) is 18.8 Å². The maximum Gasteiger partial charge on any atom is 0.236 e. The minimum absolute atomic E-state index is 0.0615. The number of hydrogen-bond acceptors (Lipinski definition) is 4. The van der Waals surface area contributed by atoms with Crippen molar-refractivity contribution in [3.05, 3.63) is 35.4 Å². The van der Waals surface area contributed by atoms with Crippen LogP contribution in [0, 0.1) is 6.92 Å².